The molecule has 0 saturated carbocycles. The Balaban J connectivity index is 1.66. The molecule has 1 saturated heterocycles. The zero-order chi connectivity index (χ0) is 17.3. The van der Waals surface area contributed by atoms with Crippen LogP contribution >= 0.6 is 11.3 Å². The zero-order valence-corrected chi connectivity index (χ0v) is 15.0. The monoisotopic (exact) mass is 351 g/mol. The molecular formula is C15H21N5O3S. The third-order valence-corrected chi connectivity index (χ3v) is 4.69. The number of nitrogens with zero attached hydrogens (tertiary/aromatic N) is 4. The summed E-state index contributed by atoms with van der Waals surface area (Å²) in [5.74, 6) is 1.15. The lowest BCUT2D eigenvalue weighted by molar-refractivity contribution is -0.0276. The summed E-state index contributed by atoms with van der Waals surface area (Å²) in [6, 6.07) is -0.168. The van der Waals surface area contributed by atoms with Gasteiger partial charge in [-0.15, -0.1) is 21.5 Å². The first kappa shape index (κ1) is 16.8. The maximum atomic E-state index is 12.5. The number of anilines is 1. The van der Waals surface area contributed by atoms with Crippen LogP contribution in [0.2, 0.25) is 0 Å². The van der Waals surface area contributed by atoms with Gasteiger partial charge >= 0.3 is 6.03 Å². The fourth-order valence-electron chi connectivity index (χ4n) is 2.42. The number of morpholine rings is 1. The van der Waals surface area contributed by atoms with E-state index in [-0.39, 0.29) is 11.9 Å². The van der Waals surface area contributed by atoms with Crippen LogP contribution in [0.4, 0.5) is 9.80 Å². The third kappa shape index (κ3) is 3.57. The van der Waals surface area contributed by atoms with Gasteiger partial charge in [-0.2, -0.15) is 0 Å². The molecule has 1 N–H and O–H groups in total. The highest BCUT2D eigenvalue weighted by Gasteiger charge is 2.30. The van der Waals surface area contributed by atoms with Gasteiger partial charge in [-0.05, 0) is 13.8 Å². The third-order valence-electron chi connectivity index (χ3n) is 3.70. The van der Waals surface area contributed by atoms with Gasteiger partial charge in [-0.3, -0.25) is 5.32 Å². The molecule has 1 unspecified atom stereocenters. The summed E-state index contributed by atoms with van der Waals surface area (Å²) in [5, 5.41) is 12.7. The van der Waals surface area contributed by atoms with Crippen LogP contribution in [0, 0.1) is 13.8 Å². The molecule has 0 bridgehead atoms. The van der Waals surface area contributed by atoms with Gasteiger partial charge in [-0.25, -0.2) is 9.78 Å². The van der Waals surface area contributed by atoms with Crippen molar-refractivity contribution in [2.24, 2.45) is 0 Å². The first-order valence-electron chi connectivity index (χ1n) is 7.89. The van der Waals surface area contributed by atoms with Gasteiger partial charge in [0.1, 0.15) is 5.00 Å². The molecule has 1 atom stereocenters. The van der Waals surface area contributed by atoms with E-state index in [2.05, 4.69) is 20.5 Å². The second-order valence-corrected chi connectivity index (χ2v) is 7.22. The van der Waals surface area contributed by atoms with E-state index in [1.165, 1.54) is 11.3 Å². The zero-order valence-electron chi connectivity index (χ0n) is 14.2. The Kier molecular flexibility index (Phi) is 4.81. The molecule has 0 aliphatic carbocycles. The van der Waals surface area contributed by atoms with E-state index in [0.29, 0.717) is 31.5 Å². The molecule has 0 spiro atoms. The lowest BCUT2D eigenvalue weighted by atomic mass is 10.2. The molecule has 1 fully saturated rings. The molecule has 8 nitrogen and oxygen atoms in total. The number of nitrogens with one attached hydrogen (secondary N) is 1. The predicted octanol–water partition coefficient (Wildman–Crippen LogP) is 2.87. The van der Waals surface area contributed by atoms with Crippen LogP contribution in [0.15, 0.2) is 4.42 Å². The topological polar surface area (TPSA) is 93.4 Å². The molecular weight excluding hydrogens is 330 g/mol. The second-order valence-electron chi connectivity index (χ2n) is 6.02. The summed E-state index contributed by atoms with van der Waals surface area (Å²) < 4.78 is 11.3. The van der Waals surface area contributed by atoms with E-state index >= 15 is 0 Å². The van der Waals surface area contributed by atoms with Crippen LogP contribution in [0.25, 0.3) is 0 Å². The van der Waals surface area contributed by atoms with Gasteiger partial charge < -0.3 is 14.1 Å². The van der Waals surface area contributed by atoms with Gasteiger partial charge in [-0.1, -0.05) is 13.8 Å². The van der Waals surface area contributed by atoms with Crippen molar-refractivity contribution in [2.75, 3.05) is 25.0 Å². The largest absolute Gasteiger partial charge is 0.422 e. The van der Waals surface area contributed by atoms with Crippen molar-refractivity contribution >= 4 is 22.4 Å². The molecule has 130 valence electrons. The molecule has 1 aliphatic heterocycles. The Hall–Kier alpha value is -2.00. The number of aromatic nitrogens is 3. The van der Waals surface area contributed by atoms with Crippen LogP contribution < -0.4 is 5.32 Å². The maximum Gasteiger partial charge on any atom is 0.322 e. The Morgan fingerprint density at radius 1 is 1.38 bits per heavy atom. The number of hydrogen-bond acceptors (Lipinski definition) is 7. The molecule has 9 heteroatoms. The minimum absolute atomic E-state index is 0.159. The smallest absolute Gasteiger partial charge is 0.322 e. The SMILES string of the molecule is Cc1nc(C)c(NC(=O)N2CCOC(c3nnc(C(C)C)o3)C2)s1. The molecule has 0 aromatic carbocycles. The summed E-state index contributed by atoms with van der Waals surface area (Å²) in [4.78, 5) is 18.5. The number of carbonyl (C=O) groups excluding carboxylic acids is 1. The molecule has 3 heterocycles. The Morgan fingerprint density at radius 3 is 2.79 bits per heavy atom. The van der Waals surface area contributed by atoms with E-state index in [1.54, 1.807) is 4.90 Å². The number of amides is 2. The number of carbonyl (C=O) groups is 1. The summed E-state index contributed by atoms with van der Waals surface area (Å²) in [6.07, 6.45) is -0.395. The minimum Gasteiger partial charge on any atom is -0.422 e. The minimum atomic E-state index is -0.395. The van der Waals surface area contributed by atoms with Crippen molar-refractivity contribution < 1.29 is 13.9 Å². The average molecular weight is 351 g/mol. The highest BCUT2D eigenvalue weighted by Crippen LogP contribution is 2.26. The number of urea groups is 1. The van der Waals surface area contributed by atoms with Crippen LogP contribution in [0.1, 0.15) is 48.4 Å². The molecule has 3 rings (SSSR count). The highest BCUT2D eigenvalue weighted by atomic mass is 32.1. The Labute approximate surface area is 144 Å². The van der Waals surface area contributed by atoms with Crippen LogP contribution in [0.5, 0.6) is 0 Å². The van der Waals surface area contributed by atoms with E-state index < -0.39 is 6.10 Å². The van der Waals surface area contributed by atoms with E-state index in [9.17, 15) is 4.79 Å². The molecule has 2 aromatic rings. The van der Waals surface area contributed by atoms with Crippen LogP contribution in [0.3, 0.4) is 0 Å². The average Bonchev–Trinajstić information content (AvgIpc) is 3.15. The summed E-state index contributed by atoms with van der Waals surface area (Å²) in [6.45, 7) is 9.09. The van der Waals surface area contributed by atoms with Gasteiger partial charge in [0, 0.05) is 12.5 Å². The van der Waals surface area contributed by atoms with Crippen molar-refractivity contribution in [2.45, 2.75) is 39.7 Å². The quantitative estimate of drug-likeness (QED) is 0.914. The lowest BCUT2D eigenvalue weighted by Gasteiger charge is -2.31. The first-order chi connectivity index (χ1) is 11.4. The summed E-state index contributed by atoms with van der Waals surface area (Å²) >= 11 is 1.47. The normalized spacial score (nSPS) is 18.2. The summed E-state index contributed by atoms with van der Waals surface area (Å²) in [5.41, 5.74) is 0.828. The van der Waals surface area contributed by atoms with Crippen molar-refractivity contribution in [1.29, 1.82) is 0 Å². The number of thiazole rings is 1. The predicted molar refractivity (Wildman–Crippen MR) is 89.3 cm³/mol. The molecule has 2 amide bonds. The fourth-order valence-corrected chi connectivity index (χ4v) is 3.23. The van der Waals surface area contributed by atoms with Gasteiger partial charge in [0.05, 0.1) is 23.9 Å². The van der Waals surface area contributed by atoms with Crippen LogP contribution in [-0.4, -0.2) is 45.8 Å². The molecule has 24 heavy (non-hydrogen) atoms. The number of rotatable bonds is 3. The first-order valence-corrected chi connectivity index (χ1v) is 8.70. The van der Waals surface area contributed by atoms with Gasteiger partial charge in [0.15, 0.2) is 6.10 Å². The lowest BCUT2D eigenvalue weighted by Crippen LogP contribution is -2.44. The Morgan fingerprint density at radius 2 is 2.17 bits per heavy atom. The standard InChI is InChI=1S/C15H21N5O3S/c1-8(2)12-18-19-13(23-12)11-7-20(5-6-22-11)15(21)17-14-9(3)16-10(4)24-14/h8,11H,5-7H2,1-4H3,(H,17,21). The van der Waals surface area contributed by atoms with Crippen molar-refractivity contribution in [3.05, 3.63) is 22.5 Å². The highest BCUT2D eigenvalue weighted by molar-refractivity contribution is 7.16. The van der Waals surface area contributed by atoms with E-state index in [1.807, 2.05) is 27.7 Å². The van der Waals surface area contributed by atoms with Gasteiger partial charge in [0.2, 0.25) is 11.8 Å². The van der Waals surface area contributed by atoms with E-state index in [4.69, 9.17) is 9.15 Å². The van der Waals surface area contributed by atoms with Crippen molar-refractivity contribution in [3.63, 3.8) is 0 Å². The van der Waals surface area contributed by atoms with Gasteiger partial charge in [0.25, 0.3) is 0 Å². The fraction of sp³-hybridized carbons (Fsp3) is 0.600. The van der Waals surface area contributed by atoms with E-state index in [0.717, 1.165) is 15.7 Å². The Bertz CT molecular complexity index is 727. The number of ether oxygens (including phenoxy) is 1. The number of hydrogen-bond donors (Lipinski definition) is 1. The van der Waals surface area contributed by atoms with Crippen LogP contribution in [-0.2, 0) is 4.74 Å². The molecule has 0 radical (unpaired) electrons. The molecule has 1 aliphatic rings. The second kappa shape index (κ2) is 6.86. The molecule has 2 aromatic heterocycles. The number of aryl methyl sites for hydroxylation is 2. The summed E-state index contributed by atoms with van der Waals surface area (Å²) in [7, 11) is 0. The maximum absolute atomic E-state index is 12.5. The van der Waals surface area contributed by atoms with Crippen molar-refractivity contribution in [1.82, 2.24) is 20.1 Å². The van der Waals surface area contributed by atoms with Crippen molar-refractivity contribution in [3.8, 4) is 0 Å².